The maximum atomic E-state index is 12.6. The van der Waals surface area contributed by atoms with Gasteiger partial charge in [-0.05, 0) is 34.6 Å². The highest BCUT2D eigenvalue weighted by atomic mass is 16.5. The molecule has 23 heavy (non-hydrogen) atoms. The van der Waals surface area contributed by atoms with Gasteiger partial charge in [0.25, 0.3) is 11.8 Å². The zero-order valence-electron chi connectivity index (χ0n) is 14.1. The van der Waals surface area contributed by atoms with Gasteiger partial charge in [-0.2, -0.15) is 0 Å². The number of hydrogen-bond donors (Lipinski definition) is 2. The molecule has 2 rings (SSSR count). The van der Waals surface area contributed by atoms with Gasteiger partial charge in [0.15, 0.2) is 0 Å². The number of ether oxygens (including phenoxy) is 1. The maximum Gasteiger partial charge on any atom is 0.328 e. The molecule has 0 aliphatic carbocycles. The zero-order chi connectivity index (χ0) is 17.8. The van der Waals surface area contributed by atoms with Gasteiger partial charge in [0.2, 0.25) is 5.85 Å². The highest BCUT2D eigenvalue weighted by Crippen LogP contribution is 2.33. The summed E-state index contributed by atoms with van der Waals surface area (Å²) in [5.74, 6) is -3.01. The van der Waals surface area contributed by atoms with Crippen molar-refractivity contribution in [3.8, 4) is 0 Å². The van der Waals surface area contributed by atoms with Crippen molar-refractivity contribution >= 4 is 23.9 Å². The first-order chi connectivity index (χ1) is 10.4. The molecule has 0 unspecified atom stereocenters. The smallest absolute Gasteiger partial charge is 0.328 e. The van der Waals surface area contributed by atoms with Crippen LogP contribution < -0.4 is 10.6 Å². The van der Waals surface area contributed by atoms with Crippen LogP contribution in [0.1, 0.15) is 41.5 Å². The van der Waals surface area contributed by atoms with Crippen molar-refractivity contribution in [3.63, 3.8) is 0 Å². The van der Waals surface area contributed by atoms with E-state index < -0.39 is 40.8 Å². The first-order valence-corrected chi connectivity index (χ1v) is 7.36. The second-order valence-corrected chi connectivity index (χ2v) is 6.76. The minimum Gasteiger partial charge on any atom is -0.338 e. The van der Waals surface area contributed by atoms with E-state index >= 15 is 0 Å². The van der Waals surface area contributed by atoms with Crippen LogP contribution in [-0.4, -0.2) is 57.2 Å². The summed E-state index contributed by atoms with van der Waals surface area (Å²) in [4.78, 5) is 51.3. The molecule has 2 fully saturated rings. The molecule has 2 saturated heterocycles. The standard InChI is InChI=1S/C14H22N4O5/c1-7-23-14(6,17-8(19)12(2,3)15-10(17)21)18-9(20)13(4,5)16-11(18)22/h7H2,1-6H3,(H,15,21)(H,16,22). The van der Waals surface area contributed by atoms with Gasteiger partial charge in [0.1, 0.15) is 11.1 Å². The molecule has 6 amide bonds. The van der Waals surface area contributed by atoms with Gasteiger partial charge in [0.05, 0.1) is 0 Å². The Kier molecular flexibility index (Phi) is 3.68. The van der Waals surface area contributed by atoms with Crippen LogP contribution in [0.5, 0.6) is 0 Å². The SMILES string of the molecule is CCOC(C)(N1C(=O)NC(C)(C)C1=O)N1C(=O)NC(C)(C)C1=O. The van der Waals surface area contributed by atoms with Crippen LogP contribution in [0.2, 0.25) is 0 Å². The first kappa shape index (κ1) is 17.2. The van der Waals surface area contributed by atoms with Crippen LogP contribution >= 0.6 is 0 Å². The Balaban J connectivity index is 2.53. The number of carbonyl (C=O) groups excluding carboxylic acids is 4. The number of nitrogens with zero attached hydrogens (tertiary/aromatic N) is 2. The van der Waals surface area contributed by atoms with E-state index in [1.807, 2.05) is 0 Å². The third-order valence-electron chi connectivity index (χ3n) is 3.97. The fourth-order valence-electron chi connectivity index (χ4n) is 2.75. The van der Waals surface area contributed by atoms with Crippen LogP contribution in [-0.2, 0) is 14.3 Å². The Morgan fingerprint density at radius 2 is 1.26 bits per heavy atom. The molecular formula is C14H22N4O5. The summed E-state index contributed by atoms with van der Waals surface area (Å²) >= 11 is 0. The topological polar surface area (TPSA) is 108 Å². The molecule has 9 heteroatoms. The molecule has 0 aromatic carbocycles. The fraction of sp³-hybridized carbons (Fsp3) is 0.714. The van der Waals surface area contributed by atoms with Crippen molar-refractivity contribution in [2.75, 3.05) is 6.61 Å². The lowest BCUT2D eigenvalue weighted by Gasteiger charge is -2.41. The molecule has 128 valence electrons. The Labute approximate surface area is 134 Å². The average Bonchev–Trinajstić information content (AvgIpc) is 2.70. The van der Waals surface area contributed by atoms with Gasteiger partial charge in [-0.3, -0.25) is 9.59 Å². The molecule has 0 bridgehead atoms. The number of hydrogen-bond acceptors (Lipinski definition) is 5. The fourth-order valence-corrected chi connectivity index (χ4v) is 2.75. The van der Waals surface area contributed by atoms with E-state index in [1.165, 1.54) is 34.6 Å². The van der Waals surface area contributed by atoms with Gasteiger partial charge in [-0.15, -0.1) is 0 Å². The van der Waals surface area contributed by atoms with Crippen LogP contribution in [0.15, 0.2) is 0 Å². The minimum absolute atomic E-state index is 0.0888. The molecule has 2 N–H and O–H groups in total. The lowest BCUT2D eigenvalue weighted by molar-refractivity contribution is -0.200. The Morgan fingerprint density at radius 3 is 1.48 bits per heavy atom. The summed E-state index contributed by atoms with van der Waals surface area (Å²) in [7, 11) is 0. The molecule has 9 nitrogen and oxygen atoms in total. The van der Waals surface area contributed by atoms with E-state index in [0.717, 1.165) is 9.80 Å². The van der Waals surface area contributed by atoms with Crippen LogP contribution in [0.4, 0.5) is 9.59 Å². The molecule has 0 spiro atoms. The average molecular weight is 326 g/mol. The number of carbonyl (C=O) groups is 4. The monoisotopic (exact) mass is 326 g/mol. The molecular weight excluding hydrogens is 304 g/mol. The van der Waals surface area contributed by atoms with Crippen molar-refractivity contribution in [1.82, 2.24) is 20.4 Å². The van der Waals surface area contributed by atoms with Gasteiger partial charge in [-0.25, -0.2) is 19.4 Å². The summed E-state index contributed by atoms with van der Waals surface area (Å²) in [5, 5.41) is 5.04. The van der Waals surface area contributed by atoms with Crippen LogP contribution in [0, 0.1) is 0 Å². The van der Waals surface area contributed by atoms with Gasteiger partial charge in [-0.1, -0.05) is 0 Å². The van der Waals surface area contributed by atoms with E-state index in [2.05, 4.69) is 10.6 Å². The van der Waals surface area contributed by atoms with Gasteiger partial charge in [0, 0.05) is 13.5 Å². The summed E-state index contributed by atoms with van der Waals surface area (Å²) in [5.41, 5.74) is -2.30. The molecule has 2 aliphatic heterocycles. The summed E-state index contributed by atoms with van der Waals surface area (Å²) < 4.78 is 5.55. The third kappa shape index (κ3) is 2.35. The molecule has 2 heterocycles. The summed E-state index contributed by atoms with van der Waals surface area (Å²) in [6.07, 6.45) is 0. The van der Waals surface area contributed by atoms with Gasteiger partial charge >= 0.3 is 12.1 Å². The lowest BCUT2D eigenvalue weighted by Crippen LogP contribution is -2.65. The molecule has 0 aromatic rings. The Hall–Kier alpha value is -2.16. The lowest BCUT2D eigenvalue weighted by atomic mass is 10.1. The maximum absolute atomic E-state index is 12.6. The van der Waals surface area contributed by atoms with Crippen molar-refractivity contribution in [2.45, 2.75) is 58.5 Å². The zero-order valence-corrected chi connectivity index (χ0v) is 14.1. The number of rotatable bonds is 4. The van der Waals surface area contributed by atoms with E-state index in [4.69, 9.17) is 4.74 Å². The van der Waals surface area contributed by atoms with Crippen molar-refractivity contribution in [3.05, 3.63) is 0 Å². The second-order valence-electron chi connectivity index (χ2n) is 6.76. The normalized spacial score (nSPS) is 23.4. The number of imide groups is 2. The molecule has 0 radical (unpaired) electrons. The largest absolute Gasteiger partial charge is 0.338 e. The van der Waals surface area contributed by atoms with E-state index in [0.29, 0.717) is 0 Å². The quantitative estimate of drug-likeness (QED) is 0.725. The minimum atomic E-state index is -1.85. The molecule has 0 atom stereocenters. The predicted molar refractivity (Wildman–Crippen MR) is 78.9 cm³/mol. The first-order valence-electron chi connectivity index (χ1n) is 7.36. The van der Waals surface area contributed by atoms with E-state index in [-0.39, 0.29) is 6.61 Å². The van der Waals surface area contributed by atoms with Crippen molar-refractivity contribution < 1.29 is 23.9 Å². The summed E-state index contributed by atoms with van der Waals surface area (Å²) in [6, 6.07) is -1.44. The highest BCUT2D eigenvalue weighted by Gasteiger charge is 2.61. The molecule has 0 saturated carbocycles. The van der Waals surface area contributed by atoms with Crippen LogP contribution in [0.25, 0.3) is 0 Å². The summed E-state index contributed by atoms with van der Waals surface area (Å²) in [6.45, 7) is 9.24. The van der Waals surface area contributed by atoms with Crippen molar-refractivity contribution in [2.24, 2.45) is 0 Å². The van der Waals surface area contributed by atoms with Crippen molar-refractivity contribution in [1.29, 1.82) is 0 Å². The molecule has 2 aliphatic rings. The molecule has 0 aromatic heterocycles. The van der Waals surface area contributed by atoms with Gasteiger partial charge < -0.3 is 15.4 Å². The predicted octanol–water partition coefficient (Wildman–Crippen LogP) is 0.357. The van der Waals surface area contributed by atoms with Crippen LogP contribution in [0.3, 0.4) is 0 Å². The highest BCUT2D eigenvalue weighted by molar-refractivity contribution is 6.10. The van der Waals surface area contributed by atoms with E-state index in [9.17, 15) is 19.2 Å². The second kappa shape index (κ2) is 4.92. The van der Waals surface area contributed by atoms with E-state index in [1.54, 1.807) is 6.92 Å². The Morgan fingerprint density at radius 1 is 0.913 bits per heavy atom. The third-order valence-corrected chi connectivity index (χ3v) is 3.97. The Bertz CT molecular complexity index is 552. The number of nitrogens with one attached hydrogen (secondary N) is 2. The number of amides is 6. The number of urea groups is 2.